The molecular weight excluding hydrogens is 308 g/mol. The van der Waals surface area contributed by atoms with Gasteiger partial charge < -0.3 is 19.9 Å². The Morgan fingerprint density at radius 3 is 1.38 bits per heavy atom. The molecule has 0 amide bonds. The lowest BCUT2D eigenvalue weighted by molar-refractivity contribution is 0.194. The first kappa shape index (κ1) is 17.7. The number of hydrogen-bond donors (Lipinski definition) is 4. The highest BCUT2D eigenvalue weighted by atomic mass is 16.6. The Morgan fingerprint density at radius 1 is 0.708 bits per heavy atom. The zero-order valence-electron chi connectivity index (χ0n) is 14.2. The van der Waals surface area contributed by atoms with Crippen LogP contribution in [0.15, 0.2) is 30.2 Å². The molecule has 0 atom stereocenters. The van der Waals surface area contributed by atoms with E-state index in [4.69, 9.17) is 21.5 Å². The van der Waals surface area contributed by atoms with Gasteiger partial charge in [-0.1, -0.05) is 12.1 Å². The lowest BCUT2D eigenvalue weighted by Crippen LogP contribution is -2.08. The molecule has 0 heterocycles. The Morgan fingerprint density at radius 2 is 1.08 bits per heavy atom. The van der Waals surface area contributed by atoms with Gasteiger partial charge in [0.05, 0.1) is 5.57 Å². The molecule has 0 spiro atoms. The average Bonchev–Trinajstić information content (AvgIpc) is 2.55. The molecule has 6 N–H and O–H groups in total. The maximum Gasteiger partial charge on any atom is 0.282 e. The fraction of sp³-hybridized carbons (Fsp3) is 0.222. The molecule has 0 radical (unpaired) electrons. The summed E-state index contributed by atoms with van der Waals surface area (Å²) in [5, 5.41) is 19.9. The molecule has 0 bridgehead atoms. The maximum atomic E-state index is 9.93. The largest absolute Gasteiger partial charge is 0.481 e. The van der Waals surface area contributed by atoms with Crippen LogP contribution in [0, 0.1) is 27.7 Å². The van der Waals surface area contributed by atoms with E-state index in [1.54, 1.807) is 24.3 Å². The predicted octanol–water partition coefficient (Wildman–Crippen LogP) is 3.26. The molecule has 2 aromatic rings. The Balaban J connectivity index is 2.73. The van der Waals surface area contributed by atoms with Crippen LogP contribution in [-0.2, 0) is 0 Å². The number of benzene rings is 2. The quantitative estimate of drug-likeness (QED) is 0.506. The molecule has 0 saturated heterocycles. The van der Waals surface area contributed by atoms with Gasteiger partial charge in [-0.05, 0) is 73.2 Å². The van der Waals surface area contributed by atoms with Crippen LogP contribution in [0.3, 0.4) is 0 Å². The van der Waals surface area contributed by atoms with Gasteiger partial charge in [0.15, 0.2) is 0 Å². The van der Waals surface area contributed by atoms with Crippen molar-refractivity contribution in [3.63, 3.8) is 0 Å². The maximum absolute atomic E-state index is 9.93. The van der Waals surface area contributed by atoms with E-state index in [1.165, 1.54) is 0 Å². The van der Waals surface area contributed by atoms with Crippen LogP contribution >= 0.6 is 0 Å². The Labute approximate surface area is 140 Å². The summed E-state index contributed by atoms with van der Waals surface area (Å²) in [5.41, 5.74) is 5.00. The second-order valence-corrected chi connectivity index (χ2v) is 5.66. The van der Waals surface area contributed by atoms with Crippen LogP contribution in [0.1, 0.15) is 33.4 Å². The average molecular weight is 330 g/mol. The molecule has 0 fully saturated rings. The molecule has 0 unspecified atom stereocenters. The second kappa shape index (κ2) is 6.82. The molecule has 6 nitrogen and oxygen atoms in total. The second-order valence-electron chi connectivity index (χ2n) is 5.66. The summed E-state index contributed by atoms with van der Waals surface area (Å²) >= 11 is 0. The fourth-order valence-electron chi connectivity index (χ4n) is 2.77. The Bertz CT molecular complexity index is 748. The third-order valence-corrected chi connectivity index (χ3v) is 4.49. The first-order chi connectivity index (χ1) is 11.3. The number of nitrogens with two attached hydrogens (primary N) is 2. The molecule has 0 aliphatic heterocycles. The predicted molar refractivity (Wildman–Crippen MR) is 92.7 cm³/mol. The SMILES string of the molecule is Cc1c(ON)ccc(C(=C(O)O)c2ccc(ON)c(C)c2C)c1C. The smallest absolute Gasteiger partial charge is 0.282 e. The summed E-state index contributed by atoms with van der Waals surface area (Å²) in [6, 6.07) is 6.88. The molecule has 24 heavy (non-hydrogen) atoms. The summed E-state index contributed by atoms with van der Waals surface area (Å²) in [6.45, 7) is 7.46. The topological polar surface area (TPSA) is 111 Å². The molecule has 128 valence electrons. The van der Waals surface area contributed by atoms with E-state index < -0.39 is 5.95 Å². The van der Waals surface area contributed by atoms with Crippen LogP contribution in [0.4, 0.5) is 0 Å². The van der Waals surface area contributed by atoms with Crippen LogP contribution in [0.5, 0.6) is 11.5 Å². The highest BCUT2D eigenvalue weighted by molar-refractivity contribution is 5.84. The minimum Gasteiger partial charge on any atom is -0.481 e. The molecule has 0 aliphatic rings. The van der Waals surface area contributed by atoms with Crippen molar-refractivity contribution in [2.75, 3.05) is 0 Å². The van der Waals surface area contributed by atoms with E-state index in [1.807, 2.05) is 27.7 Å². The Kier molecular flexibility index (Phi) is 5.02. The van der Waals surface area contributed by atoms with Gasteiger partial charge in [0, 0.05) is 0 Å². The van der Waals surface area contributed by atoms with Crippen LogP contribution in [-0.4, -0.2) is 10.2 Å². The van der Waals surface area contributed by atoms with Gasteiger partial charge in [0.1, 0.15) is 11.5 Å². The molecule has 6 heteroatoms. The van der Waals surface area contributed by atoms with Gasteiger partial charge in [0.2, 0.25) is 0 Å². The molecule has 0 aromatic heterocycles. The van der Waals surface area contributed by atoms with Gasteiger partial charge in [-0.15, -0.1) is 0 Å². The van der Waals surface area contributed by atoms with Gasteiger partial charge in [0.25, 0.3) is 5.95 Å². The summed E-state index contributed by atoms with van der Waals surface area (Å²) in [7, 11) is 0. The van der Waals surface area contributed by atoms with Gasteiger partial charge in [-0.25, -0.2) is 0 Å². The van der Waals surface area contributed by atoms with Crippen molar-refractivity contribution in [2.45, 2.75) is 27.7 Å². The highest BCUT2D eigenvalue weighted by Crippen LogP contribution is 2.36. The first-order valence-electron chi connectivity index (χ1n) is 7.40. The van der Waals surface area contributed by atoms with Crippen molar-refractivity contribution in [1.82, 2.24) is 0 Å². The van der Waals surface area contributed by atoms with Crippen molar-refractivity contribution in [1.29, 1.82) is 0 Å². The van der Waals surface area contributed by atoms with Gasteiger partial charge in [-0.2, -0.15) is 11.8 Å². The number of rotatable bonds is 4. The van der Waals surface area contributed by atoms with Crippen molar-refractivity contribution < 1.29 is 19.9 Å². The zero-order chi connectivity index (χ0) is 18.0. The molecule has 0 saturated carbocycles. The molecule has 2 aromatic carbocycles. The summed E-state index contributed by atoms with van der Waals surface area (Å²) in [4.78, 5) is 9.66. The first-order valence-corrected chi connectivity index (χ1v) is 7.40. The van der Waals surface area contributed by atoms with Gasteiger partial charge >= 0.3 is 0 Å². The minimum absolute atomic E-state index is 0.323. The minimum atomic E-state index is -0.761. The molecule has 2 rings (SSSR count). The molecule has 0 aliphatic carbocycles. The number of aliphatic hydroxyl groups is 2. The fourth-order valence-corrected chi connectivity index (χ4v) is 2.77. The van der Waals surface area contributed by atoms with Crippen LogP contribution in [0.2, 0.25) is 0 Å². The van der Waals surface area contributed by atoms with Crippen molar-refractivity contribution in [3.8, 4) is 11.5 Å². The summed E-state index contributed by atoms with van der Waals surface area (Å²) < 4.78 is 0. The number of hydrogen-bond acceptors (Lipinski definition) is 6. The lowest BCUT2D eigenvalue weighted by Gasteiger charge is -2.18. The van der Waals surface area contributed by atoms with Crippen molar-refractivity contribution in [2.24, 2.45) is 11.8 Å². The van der Waals surface area contributed by atoms with Crippen LogP contribution < -0.4 is 21.5 Å². The monoisotopic (exact) mass is 330 g/mol. The van der Waals surface area contributed by atoms with Crippen LogP contribution in [0.25, 0.3) is 5.57 Å². The van der Waals surface area contributed by atoms with Crippen molar-refractivity contribution >= 4 is 5.57 Å². The van der Waals surface area contributed by atoms with E-state index in [-0.39, 0.29) is 0 Å². The summed E-state index contributed by atoms with van der Waals surface area (Å²) in [5.74, 6) is 10.8. The van der Waals surface area contributed by atoms with E-state index in [9.17, 15) is 10.2 Å². The third kappa shape index (κ3) is 2.89. The highest BCUT2D eigenvalue weighted by Gasteiger charge is 2.20. The number of aliphatic hydroxyl groups excluding tert-OH is 1. The van der Waals surface area contributed by atoms with Gasteiger partial charge in [-0.3, -0.25) is 0 Å². The Hall–Kier alpha value is -2.70. The third-order valence-electron chi connectivity index (χ3n) is 4.49. The van der Waals surface area contributed by atoms with E-state index in [0.29, 0.717) is 28.2 Å². The van der Waals surface area contributed by atoms with E-state index in [0.717, 1.165) is 22.3 Å². The lowest BCUT2D eigenvalue weighted by atomic mass is 9.88. The van der Waals surface area contributed by atoms with Crippen molar-refractivity contribution in [3.05, 3.63) is 63.6 Å². The zero-order valence-corrected chi connectivity index (χ0v) is 14.2. The molecular formula is C18H22N2O4. The van der Waals surface area contributed by atoms with E-state index in [2.05, 4.69) is 0 Å². The normalized spacial score (nSPS) is 10.4. The standard InChI is InChI=1S/C18H22N2O4/c1-9-11(3)15(23-19)7-5-13(9)17(18(21)22)14-6-8-16(24-20)12(4)10(14)2/h5-8,21-22H,19-20H2,1-4H3. The van der Waals surface area contributed by atoms with E-state index >= 15 is 0 Å². The summed E-state index contributed by atoms with van der Waals surface area (Å²) in [6.07, 6.45) is 0.